The lowest BCUT2D eigenvalue weighted by Gasteiger charge is -2.28. The monoisotopic (exact) mass is 585 g/mol. The average molecular weight is 586 g/mol. The highest BCUT2D eigenvalue weighted by atomic mass is 32.2. The molecule has 1 aliphatic heterocycles. The minimum Gasteiger partial charge on any atom is -0.384 e. The predicted octanol–water partition coefficient (Wildman–Crippen LogP) is 5.24. The van der Waals surface area contributed by atoms with E-state index in [-0.39, 0.29) is 17.9 Å². The predicted molar refractivity (Wildman–Crippen MR) is 173 cm³/mol. The highest BCUT2D eigenvalue weighted by molar-refractivity contribution is 7.96. The smallest absolute Gasteiger partial charge is 0.243 e. The minimum absolute atomic E-state index is 0.00803. The molecule has 8 heteroatoms. The summed E-state index contributed by atoms with van der Waals surface area (Å²) in [7, 11) is 0. The van der Waals surface area contributed by atoms with Gasteiger partial charge in [0.2, 0.25) is 11.8 Å². The van der Waals surface area contributed by atoms with Crippen LogP contribution < -0.4 is 15.8 Å². The molecule has 222 valence electrons. The van der Waals surface area contributed by atoms with Gasteiger partial charge in [0.05, 0.1) is 6.04 Å². The molecule has 0 aromatic heterocycles. The molecule has 1 aliphatic rings. The van der Waals surface area contributed by atoms with Crippen LogP contribution in [0.5, 0.6) is 0 Å². The molecule has 0 bridgehead atoms. The number of amidine groups is 1. The molecular formula is C34H43N5O2S. The first-order chi connectivity index (χ1) is 20.5. The van der Waals surface area contributed by atoms with Crippen LogP contribution in [-0.4, -0.2) is 47.7 Å². The first-order valence-electron chi connectivity index (χ1n) is 15.0. The van der Waals surface area contributed by atoms with Crippen LogP contribution in [0.15, 0.2) is 89.9 Å². The zero-order chi connectivity index (χ0) is 29.6. The number of carbonyl (C=O) groups excluding carboxylic acids is 2. The molecule has 0 radical (unpaired) electrons. The molecule has 7 nitrogen and oxygen atoms in total. The van der Waals surface area contributed by atoms with E-state index in [0.29, 0.717) is 31.8 Å². The van der Waals surface area contributed by atoms with Crippen molar-refractivity contribution in [3.8, 4) is 0 Å². The molecule has 4 rings (SSSR count). The summed E-state index contributed by atoms with van der Waals surface area (Å²) in [5.74, 6) is 1.18. The third kappa shape index (κ3) is 9.46. The number of hydrogen-bond donors (Lipinski definition) is 3. The fourth-order valence-corrected chi connectivity index (χ4v) is 5.90. The van der Waals surface area contributed by atoms with Crippen LogP contribution in [-0.2, 0) is 28.3 Å². The lowest BCUT2D eigenvalue weighted by molar-refractivity contribution is -0.139. The highest BCUT2D eigenvalue weighted by Gasteiger charge is 2.37. The van der Waals surface area contributed by atoms with Crippen molar-refractivity contribution in [1.29, 1.82) is 0 Å². The standard InChI is InChI=1S/C34H43N5O2S/c1-2-3-22-36-32(35)29-19-16-27(17-20-29)24-37-33(40)31-15-10-23-39(31)34(41)30(21-18-26-11-6-4-7-12-26)38-42-25-28-13-8-5-9-14-28/h4-9,11-14,16-17,19-20,30-31,38H,2-3,10,15,18,21-25H2,1H3,(H2,35,36)(H,37,40). The average Bonchev–Trinajstić information content (AvgIpc) is 3.53. The van der Waals surface area contributed by atoms with E-state index in [4.69, 9.17) is 5.73 Å². The minimum atomic E-state index is -0.460. The molecule has 0 aliphatic carbocycles. The Labute approximate surface area is 254 Å². The van der Waals surface area contributed by atoms with Crippen LogP contribution in [0.25, 0.3) is 0 Å². The van der Waals surface area contributed by atoms with Gasteiger partial charge in [0.25, 0.3) is 0 Å². The maximum Gasteiger partial charge on any atom is 0.243 e. The van der Waals surface area contributed by atoms with Gasteiger partial charge in [0.1, 0.15) is 11.9 Å². The molecule has 3 aromatic rings. The largest absolute Gasteiger partial charge is 0.384 e. The van der Waals surface area contributed by atoms with Crippen LogP contribution in [0.2, 0.25) is 0 Å². The summed E-state index contributed by atoms with van der Waals surface area (Å²) in [5, 5.41) is 3.06. The molecule has 42 heavy (non-hydrogen) atoms. The summed E-state index contributed by atoms with van der Waals surface area (Å²) in [6.07, 6.45) is 5.03. The van der Waals surface area contributed by atoms with E-state index in [1.54, 1.807) is 16.8 Å². The van der Waals surface area contributed by atoms with E-state index in [0.717, 1.165) is 49.1 Å². The van der Waals surface area contributed by atoms with E-state index in [1.807, 2.05) is 60.7 Å². The van der Waals surface area contributed by atoms with E-state index < -0.39 is 6.04 Å². The SMILES string of the molecule is CCCCN=C(N)c1ccc(CNC(=O)C2CCCN2C(=O)C(CCc2ccccc2)NSCc2ccccc2)cc1. The Balaban J connectivity index is 1.34. The number of aliphatic imine (C=N–C) groups is 1. The Kier molecular flexibility index (Phi) is 12.5. The Hall–Kier alpha value is -3.62. The zero-order valence-electron chi connectivity index (χ0n) is 24.5. The van der Waals surface area contributed by atoms with E-state index in [2.05, 4.69) is 46.2 Å². The van der Waals surface area contributed by atoms with Gasteiger partial charge in [-0.25, -0.2) is 0 Å². The lowest BCUT2D eigenvalue weighted by atomic mass is 10.0. The number of aryl methyl sites for hydroxylation is 1. The Morgan fingerprint density at radius 1 is 0.976 bits per heavy atom. The van der Waals surface area contributed by atoms with Gasteiger partial charge in [0, 0.05) is 31.0 Å². The quantitative estimate of drug-likeness (QED) is 0.0981. The number of benzene rings is 3. The Morgan fingerprint density at radius 2 is 1.67 bits per heavy atom. The maximum atomic E-state index is 13.8. The summed E-state index contributed by atoms with van der Waals surface area (Å²) in [5.41, 5.74) is 10.4. The van der Waals surface area contributed by atoms with Crippen LogP contribution in [0, 0.1) is 0 Å². The maximum absolute atomic E-state index is 13.8. The van der Waals surface area contributed by atoms with Crippen LogP contribution in [0.3, 0.4) is 0 Å². The van der Waals surface area contributed by atoms with Gasteiger partial charge in [-0.2, -0.15) is 0 Å². The molecule has 1 heterocycles. The molecule has 4 N–H and O–H groups in total. The topological polar surface area (TPSA) is 99.8 Å². The summed E-state index contributed by atoms with van der Waals surface area (Å²) in [4.78, 5) is 33.3. The van der Waals surface area contributed by atoms with Crippen molar-refractivity contribution in [3.05, 3.63) is 107 Å². The van der Waals surface area contributed by atoms with E-state index in [9.17, 15) is 9.59 Å². The molecule has 1 fully saturated rings. The van der Waals surface area contributed by atoms with Gasteiger partial charge >= 0.3 is 0 Å². The van der Waals surface area contributed by atoms with Gasteiger partial charge in [-0.3, -0.25) is 19.3 Å². The normalized spacial score (nSPS) is 15.9. The number of carbonyl (C=O) groups is 2. The summed E-state index contributed by atoms with van der Waals surface area (Å²) < 4.78 is 3.44. The first-order valence-corrected chi connectivity index (χ1v) is 16.0. The van der Waals surface area contributed by atoms with E-state index in [1.165, 1.54) is 11.1 Å². The van der Waals surface area contributed by atoms with Crippen LogP contribution in [0.1, 0.15) is 61.3 Å². The summed E-state index contributed by atoms with van der Waals surface area (Å²) in [6.45, 7) is 3.84. The number of amides is 2. The number of unbranched alkanes of at least 4 members (excludes halogenated alkanes) is 1. The third-order valence-electron chi connectivity index (χ3n) is 7.52. The fourth-order valence-electron chi connectivity index (χ4n) is 5.04. The number of hydrogen-bond acceptors (Lipinski definition) is 5. The number of nitrogens with two attached hydrogens (primary N) is 1. The molecular weight excluding hydrogens is 542 g/mol. The van der Waals surface area contributed by atoms with Gasteiger partial charge in [0.15, 0.2) is 0 Å². The van der Waals surface area contributed by atoms with Crippen molar-refractivity contribution in [1.82, 2.24) is 14.9 Å². The van der Waals surface area contributed by atoms with Crippen LogP contribution >= 0.6 is 11.9 Å². The third-order valence-corrected chi connectivity index (χ3v) is 8.45. The van der Waals surface area contributed by atoms with Gasteiger partial charge < -0.3 is 16.0 Å². The van der Waals surface area contributed by atoms with Crippen molar-refractivity contribution in [2.24, 2.45) is 10.7 Å². The van der Waals surface area contributed by atoms with Gasteiger partial charge in [-0.15, -0.1) is 0 Å². The molecule has 3 aromatic carbocycles. The molecule has 0 saturated carbocycles. The van der Waals surface area contributed by atoms with Crippen molar-refractivity contribution < 1.29 is 9.59 Å². The Bertz CT molecular complexity index is 1280. The molecule has 2 amide bonds. The molecule has 0 spiro atoms. The second-order valence-electron chi connectivity index (χ2n) is 10.7. The van der Waals surface area contributed by atoms with E-state index >= 15 is 0 Å². The van der Waals surface area contributed by atoms with Crippen molar-refractivity contribution in [3.63, 3.8) is 0 Å². The fraction of sp³-hybridized carbons (Fsp3) is 0.382. The lowest BCUT2D eigenvalue weighted by Crippen LogP contribution is -2.51. The number of nitrogens with one attached hydrogen (secondary N) is 2. The summed E-state index contributed by atoms with van der Waals surface area (Å²) >= 11 is 1.55. The van der Waals surface area contributed by atoms with Gasteiger partial charge in [-0.05, 0) is 48.8 Å². The highest BCUT2D eigenvalue weighted by Crippen LogP contribution is 2.22. The number of rotatable bonds is 15. The van der Waals surface area contributed by atoms with Gasteiger partial charge in [-0.1, -0.05) is 110 Å². The zero-order valence-corrected chi connectivity index (χ0v) is 25.3. The molecule has 2 unspecified atom stereocenters. The second-order valence-corrected chi connectivity index (χ2v) is 11.5. The van der Waals surface area contributed by atoms with Crippen molar-refractivity contribution in [2.75, 3.05) is 13.1 Å². The molecule has 1 saturated heterocycles. The molecule has 2 atom stereocenters. The number of nitrogens with zero attached hydrogens (tertiary/aromatic N) is 2. The van der Waals surface area contributed by atoms with Crippen LogP contribution in [0.4, 0.5) is 0 Å². The second kappa shape index (κ2) is 16.7. The van der Waals surface area contributed by atoms with Crippen molar-refractivity contribution >= 4 is 29.6 Å². The Morgan fingerprint density at radius 3 is 2.36 bits per heavy atom. The summed E-state index contributed by atoms with van der Waals surface area (Å²) in [6, 6.07) is 27.4. The van der Waals surface area contributed by atoms with Crippen molar-refractivity contribution in [2.45, 2.75) is 69.8 Å². The first kappa shape index (κ1) is 31.3. The number of likely N-dealkylation sites (tertiary alicyclic amines) is 1.